The summed E-state index contributed by atoms with van der Waals surface area (Å²) in [4.78, 5) is 12.1. The van der Waals surface area contributed by atoms with Gasteiger partial charge in [0.2, 0.25) is 0 Å². The van der Waals surface area contributed by atoms with Crippen LogP contribution in [-0.2, 0) is 20.5 Å². The monoisotopic (exact) mass is 307 g/mol. The zero-order valence-corrected chi connectivity index (χ0v) is 14.5. The van der Waals surface area contributed by atoms with E-state index < -0.39 is 27.3 Å². The summed E-state index contributed by atoms with van der Waals surface area (Å²) in [5, 5.41) is 9.12. The normalized spacial score (nSPS) is 17.4. The molecule has 0 bridgehead atoms. The van der Waals surface area contributed by atoms with Crippen molar-refractivity contribution in [2.45, 2.75) is 71.3 Å². The molecule has 0 unspecified atom stereocenters. The molecule has 0 aliphatic heterocycles. The van der Waals surface area contributed by atoms with Crippen LogP contribution in [0, 0.1) is 5.92 Å². The van der Waals surface area contributed by atoms with Gasteiger partial charge in [-0.2, -0.15) is 0 Å². The first-order valence-corrected chi connectivity index (χ1v) is 8.05. The minimum atomic E-state index is -1.30. The van der Waals surface area contributed by atoms with Crippen LogP contribution in [-0.4, -0.2) is 38.3 Å². The van der Waals surface area contributed by atoms with Gasteiger partial charge in [-0.3, -0.25) is 4.79 Å². The Hall–Kier alpha value is -0.460. The molecule has 0 rings (SSSR count). The second-order valence-electron chi connectivity index (χ2n) is 6.94. The number of esters is 1. The standard InChI is InChI=1S/C14H29NO4S/c1-10(12(17)19-13(2,3)4)11(8-9-16)15-20(18)14(5,6)7/h10-11,15-16H,8-9H2,1-7H3/t10-,11-,20+/m0/s1. The number of ether oxygens (including phenoxy) is 1. The van der Waals surface area contributed by atoms with Crippen LogP contribution in [0.5, 0.6) is 0 Å². The molecule has 2 N–H and O–H groups in total. The fraction of sp³-hybridized carbons (Fsp3) is 0.929. The van der Waals surface area contributed by atoms with Gasteiger partial charge in [-0.25, -0.2) is 8.93 Å². The van der Waals surface area contributed by atoms with E-state index in [1.165, 1.54) is 0 Å². The van der Waals surface area contributed by atoms with Gasteiger partial charge in [0, 0.05) is 12.6 Å². The molecule has 0 aromatic rings. The number of carbonyl (C=O) groups excluding carboxylic acids is 1. The summed E-state index contributed by atoms with van der Waals surface area (Å²) < 4.78 is 20.0. The van der Waals surface area contributed by atoms with Gasteiger partial charge in [-0.15, -0.1) is 0 Å². The Morgan fingerprint density at radius 1 is 1.25 bits per heavy atom. The van der Waals surface area contributed by atoms with Gasteiger partial charge in [0.15, 0.2) is 0 Å². The second-order valence-corrected chi connectivity index (χ2v) is 8.94. The maximum absolute atomic E-state index is 12.1. The van der Waals surface area contributed by atoms with E-state index >= 15 is 0 Å². The van der Waals surface area contributed by atoms with Gasteiger partial charge >= 0.3 is 5.97 Å². The van der Waals surface area contributed by atoms with Crippen molar-refractivity contribution in [3.05, 3.63) is 0 Å². The first kappa shape index (κ1) is 19.5. The maximum atomic E-state index is 12.1. The number of carbonyl (C=O) groups is 1. The smallest absolute Gasteiger partial charge is 0.310 e. The van der Waals surface area contributed by atoms with Crippen LogP contribution in [0.2, 0.25) is 0 Å². The number of nitrogens with one attached hydrogen (secondary N) is 1. The van der Waals surface area contributed by atoms with Crippen LogP contribution >= 0.6 is 0 Å². The third-order valence-corrected chi connectivity index (χ3v) is 4.27. The van der Waals surface area contributed by atoms with E-state index in [1.807, 2.05) is 20.8 Å². The van der Waals surface area contributed by atoms with Crippen molar-refractivity contribution in [1.29, 1.82) is 0 Å². The highest BCUT2D eigenvalue weighted by molar-refractivity contribution is 7.84. The van der Waals surface area contributed by atoms with Crippen molar-refractivity contribution in [2.75, 3.05) is 6.61 Å². The van der Waals surface area contributed by atoms with Gasteiger partial charge in [0.25, 0.3) is 0 Å². The predicted octanol–water partition coefficient (Wildman–Crippen LogP) is 1.77. The van der Waals surface area contributed by atoms with Crippen LogP contribution in [0.4, 0.5) is 0 Å². The molecule has 0 aliphatic rings. The van der Waals surface area contributed by atoms with Crippen LogP contribution in [0.1, 0.15) is 54.9 Å². The molecular weight excluding hydrogens is 278 g/mol. The zero-order chi connectivity index (χ0) is 16.1. The summed E-state index contributed by atoms with van der Waals surface area (Å²) in [5.41, 5.74) is -0.557. The SMILES string of the molecule is C[C@H](C(=O)OC(C)(C)C)[C@H](CCO)N[S@](=O)C(C)(C)C. The zero-order valence-electron chi connectivity index (χ0n) is 13.6. The van der Waals surface area contributed by atoms with E-state index in [9.17, 15) is 9.00 Å². The van der Waals surface area contributed by atoms with Crippen molar-refractivity contribution < 1.29 is 18.8 Å². The molecule has 0 heterocycles. The summed E-state index contributed by atoms with van der Waals surface area (Å²) in [6, 6.07) is -0.380. The highest BCUT2D eigenvalue weighted by atomic mass is 32.2. The molecule has 6 heteroatoms. The minimum Gasteiger partial charge on any atom is -0.460 e. The Morgan fingerprint density at radius 2 is 1.75 bits per heavy atom. The lowest BCUT2D eigenvalue weighted by atomic mass is 10.00. The fourth-order valence-electron chi connectivity index (χ4n) is 1.42. The lowest BCUT2D eigenvalue weighted by molar-refractivity contribution is -0.160. The summed E-state index contributed by atoms with van der Waals surface area (Å²) in [5.74, 6) is -0.831. The van der Waals surface area contributed by atoms with Gasteiger partial charge in [0.05, 0.1) is 21.7 Å². The topological polar surface area (TPSA) is 75.6 Å². The Bertz CT molecular complexity index is 344. The first-order valence-electron chi connectivity index (χ1n) is 6.90. The molecule has 0 aromatic heterocycles. The fourth-order valence-corrected chi connectivity index (χ4v) is 2.37. The molecule has 0 spiro atoms. The molecule has 0 fully saturated rings. The van der Waals surface area contributed by atoms with E-state index in [2.05, 4.69) is 4.72 Å². The van der Waals surface area contributed by atoms with Gasteiger partial charge < -0.3 is 9.84 Å². The van der Waals surface area contributed by atoms with Crippen molar-refractivity contribution >= 4 is 17.0 Å². The van der Waals surface area contributed by atoms with Crippen LogP contribution in [0.15, 0.2) is 0 Å². The molecule has 0 aliphatic carbocycles. The molecule has 20 heavy (non-hydrogen) atoms. The molecule has 120 valence electrons. The van der Waals surface area contributed by atoms with Crippen LogP contribution in [0.25, 0.3) is 0 Å². The lowest BCUT2D eigenvalue weighted by Crippen LogP contribution is -2.46. The number of rotatable bonds is 6. The van der Waals surface area contributed by atoms with E-state index in [0.717, 1.165) is 0 Å². The molecule has 0 radical (unpaired) electrons. The Balaban J connectivity index is 4.82. The second kappa shape index (κ2) is 7.52. The average molecular weight is 307 g/mol. The number of aliphatic hydroxyl groups excluding tert-OH is 1. The highest BCUT2D eigenvalue weighted by Crippen LogP contribution is 2.18. The minimum absolute atomic E-state index is 0.0772. The number of hydrogen-bond donors (Lipinski definition) is 2. The van der Waals surface area contributed by atoms with Crippen molar-refractivity contribution in [1.82, 2.24) is 4.72 Å². The first-order chi connectivity index (χ1) is 8.88. The molecule has 3 atom stereocenters. The molecule has 0 amide bonds. The average Bonchev–Trinajstić information content (AvgIpc) is 2.23. The van der Waals surface area contributed by atoms with Crippen LogP contribution < -0.4 is 4.72 Å². The van der Waals surface area contributed by atoms with Crippen LogP contribution in [0.3, 0.4) is 0 Å². The predicted molar refractivity (Wildman–Crippen MR) is 81.5 cm³/mol. The largest absolute Gasteiger partial charge is 0.460 e. The summed E-state index contributed by atoms with van der Waals surface area (Å²) >= 11 is 0. The summed E-state index contributed by atoms with van der Waals surface area (Å²) in [7, 11) is -1.30. The summed E-state index contributed by atoms with van der Waals surface area (Å²) in [6.45, 7) is 12.6. The highest BCUT2D eigenvalue weighted by Gasteiger charge is 2.31. The van der Waals surface area contributed by atoms with E-state index in [4.69, 9.17) is 9.84 Å². The van der Waals surface area contributed by atoms with Crippen molar-refractivity contribution in [3.8, 4) is 0 Å². The molecule has 5 nitrogen and oxygen atoms in total. The van der Waals surface area contributed by atoms with Gasteiger partial charge in [-0.1, -0.05) is 6.92 Å². The third-order valence-electron chi connectivity index (χ3n) is 2.64. The maximum Gasteiger partial charge on any atom is 0.310 e. The van der Waals surface area contributed by atoms with E-state index in [-0.39, 0.29) is 18.6 Å². The van der Waals surface area contributed by atoms with Gasteiger partial charge in [0.1, 0.15) is 5.60 Å². The lowest BCUT2D eigenvalue weighted by Gasteiger charge is -2.29. The molecule has 0 aromatic carbocycles. The Kier molecular flexibility index (Phi) is 7.35. The number of aliphatic hydroxyl groups is 1. The Morgan fingerprint density at radius 3 is 2.10 bits per heavy atom. The summed E-state index contributed by atoms with van der Waals surface area (Å²) in [6.07, 6.45) is 0.349. The third kappa shape index (κ3) is 7.36. The molecule has 0 saturated carbocycles. The van der Waals surface area contributed by atoms with Gasteiger partial charge in [-0.05, 0) is 48.0 Å². The molecular formula is C14H29NO4S. The van der Waals surface area contributed by atoms with Crippen molar-refractivity contribution in [3.63, 3.8) is 0 Å². The quantitative estimate of drug-likeness (QED) is 0.733. The van der Waals surface area contributed by atoms with E-state index in [0.29, 0.717) is 6.42 Å². The Labute approximate surface area is 125 Å². The number of hydrogen-bond acceptors (Lipinski definition) is 4. The van der Waals surface area contributed by atoms with E-state index in [1.54, 1.807) is 27.7 Å². The molecule has 0 saturated heterocycles. The van der Waals surface area contributed by atoms with Crippen molar-refractivity contribution in [2.24, 2.45) is 5.92 Å².